The predicted molar refractivity (Wildman–Crippen MR) is 70.3 cm³/mol. The number of aromatic hydroxyl groups is 1. The van der Waals surface area contributed by atoms with E-state index < -0.39 is 0 Å². The molecule has 0 saturated carbocycles. The quantitative estimate of drug-likeness (QED) is 0.612. The van der Waals surface area contributed by atoms with Crippen molar-refractivity contribution in [3.05, 3.63) is 29.3 Å². The number of carbonyl (C=O) groups is 1. The summed E-state index contributed by atoms with van der Waals surface area (Å²) in [6.07, 6.45) is 0.0717. The van der Waals surface area contributed by atoms with E-state index in [-0.39, 0.29) is 23.6 Å². The van der Waals surface area contributed by atoms with Crippen LogP contribution in [0.1, 0.15) is 38.3 Å². The second kappa shape index (κ2) is 5.59. The van der Waals surface area contributed by atoms with Crippen molar-refractivity contribution in [2.24, 2.45) is 0 Å². The van der Waals surface area contributed by atoms with E-state index in [2.05, 4.69) is 16.6 Å². The van der Waals surface area contributed by atoms with Crippen molar-refractivity contribution < 1.29 is 14.6 Å². The molecule has 1 aromatic carbocycles. The van der Waals surface area contributed by atoms with Crippen LogP contribution in [0, 0.1) is 11.8 Å². The lowest BCUT2D eigenvalue weighted by Gasteiger charge is -2.20. The predicted octanol–water partition coefficient (Wildman–Crippen LogP) is 2.60. The van der Waals surface area contributed by atoms with Crippen molar-refractivity contribution in [3.8, 4) is 17.6 Å². The molecule has 0 bridgehead atoms. The Hall–Kier alpha value is -1.95. The number of phenolic OH excluding ortho intramolecular Hbond substituents is 1. The highest BCUT2D eigenvalue weighted by molar-refractivity contribution is 5.72. The van der Waals surface area contributed by atoms with E-state index >= 15 is 0 Å². The zero-order valence-corrected chi connectivity index (χ0v) is 11.2. The van der Waals surface area contributed by atoms with Gasteiger partial charge in [-0.2, -0.15) is 0 Å². The van der Waals surface area contributed by atoms with Gasteiger partial charge in [-0.1, -0.05) is 32.6 Å². The molecule has 0 unspecified atom stereocenters. The summed E-state index contributed by atoms with van der Waals surface area (Å²) in [6.45, 7) is 6.06. The Morgan fingerprint density at radius 3 is 2.61 bits per heavy atom. The summed E-state index contributed by atoms with van der Waals surface area (Å²) in [7, 11) is 1.34. The molecule has 18 heavy (non-hydrogen) atoms. The minimum absolute atomic E-state index is 0.0717. The van der Waals surface area contributed by atoms with Gasteiger partial charge in [0.1, 0.15) is 12.2 Å². The first-order valence-electron chi connectivity index (χ1n) is 5.74. The SMILES string of the molecule is COC(=O)CC#Cc1ccc(O)c(C(C)(C)C)c1. The monoisotopic (exact) mass is 246 g/mol. The van der Waals surface area contributed by atoms with E-state index in [0.29, 0.717) is 0 Å². The molecule has 1 aromatic rings. The lowest BCUT2D eigenvalue weighted by Crippen LogP contribution is -2.11. The van der Waals surface area contributed by atoms with Gasteiger partial charge in [0.2, 0.25) is 0 Å². The first kappa shape index (κ1) is 14.1. The molecule has 0 heterocycles. The van der Waals surface area contributed by atoms with Crippen LogP contribution in [0.5, 0.6) is 5.75 Å². The number of benzene rings is 1. The number of esters is 1. The van der Waals surface area contributed by atoms with Gasteiger partial charge < -0.3 is 9.84 Å². The lowest BCUT2D eigenvalue weighted by atomic mass is 9.85. The van der Waals surface area contributed by atoms with Gasteiger partial charge >= 0.3 is 5.97 Å². The summed E-state index contributed by atoms with van der Waals surface area (Å²) in [5, 5.41) is 9.80. The zero-order valence-electron chi connectivity index (χ0n) is 11.2. The molecule has 0 amide bonds. The van der Waals surface area contributed by atoms with Gasteiger partial charge in [-0.05, 0) is 23.6 Å². The molecular weight excluding hydrogens is 228 g/mol. The first-order chi connectivity index (χ1) is 8.34. The summed E-state index contributed by atoms with van der Waals surface area (Å²) in [6, 6.07) is 5.21. The van der Waals surface area contributed by atoms with Crippen LogP contribution in [-0.2, 0) is 14.9 Å². The number of methoxy groups -OCH3 is 1. The molecule has 0 radical (unpaired) electrons. The van der Waals surface area contributed by atoms with Gasteiger partial charge in [-0.15, -0.1) is 0 Å². The highest BCUT2D eigenvalue weighted by atomic mass is 16.5. The smallest absolute Gasteiger partial charge is 0.317 e. The maximum absolute atomic E-state index is 10.9. The topological polar surface area (TPSA) is 46.5 Å². The first-order valence-corrected chi connectivity index (χ1v) is 5.74. The highest BCUT2D eigenvalue weighted by Gasteiger charge is 2.17. The zero-order chi connectivity index (χ0) is 13.8. The molecule has 3 heteroatoms. The average Bonchev–Trinajstić information content (AvgIpc) is 2.29. The highest BCUT2D eigenvalue weighted by Crippen LogP contribution is 2.30. The summed E-state index contributed by atoms with van der Waals surface area (Å²) in [4.78, 5) is 10.9. The molecule has 0 spiro atoms. The van der Waals surface area contributed by atoms with Crippen LogP contribution >= 0.6 is 0 Å². The number of hydrogen-bond donors (Lipinski definition) is 1. The largest absolute Gasteiger partial charge is 0.508 e. The van der Waals surface area contributed by atoms with Crippen molar-refractivity contribution >= 4 is 5.97 Å². The van der Waals surface area contributed by atoms with Gasteiger partial charge in [0.25, 0.3) is 0 Å². The molecule has 0 aliphatic heterocycles. The Bertz CT molecular complexity index is 499. The third-order valence-corrected chi connectivity index (χ3v) is 2.50. The number of phenols is 1. The summed E-state index contributed by atoms with van der Waals surface area (Å²) in [5.74, 6) is 5.55. The fourth-order valence-electron chi connectivity index (χ4n) is 1.51. The molecule has 3 nitrogen and oxygen atoms in total. The van der Waals surface area contributed by atoms with Gasteiger partial charge in [-0.25, -0.2) is 0 Å². The van der Waals surface area contributed by atoms with E-state index in [0.717, 1.165) is 11.1 Å². The van der Waals surface area contributed by atoms with E-state index in [4.69, 9.17) is 0 Å². The van der Waals surface area contributed by atoms with Gasteiger partial charge in [0.15, 0.2) is 0 Å². The molecule has 0 fully saturated rings. The Morgan fingerprint density at radius 2 is 2.06 bits per heavy atom. The van der Waals surface area contributed by atoms with Crippen LogP contribution in [0.2, 0.25) is 0 Å². The van der Waals surface area contributed by atoms with Gasteiger partial charge in [0, 0.05) is 11.1 Å². The minimum Gasteiger partial charge on any atom is -0.508 e. The third kappa shape index (κ3) is 3.81. The molecule has 0 saturated heterocycles. The number of carbonyl (C=O) groups excluding carboxylic acids is 1. The standard InChI is InChI=1S/C15H18O3/c1-15(2,3)12-10-11(8-9-13(12)16)6-5-7-14(17)18-4/h8-10,16H,7H2,1-4H3. The maximum Gasteiger partial charge on any atom is 0.317 e. The van der Waals surface area contributed by atoms with Gasteiger partial charge in [-0.3, -0.25) is 4.79 Å². The third-order valence-electron chi connectivity index (χ3n) is 2.50. The van der Waals surface area contributed by atoms with E-state index in [1.807, 2.05) is 26.8 Å². The van der Waals surface area contributed by atoms with Crippen molar-refractivity contribution in [3.63, 3.8) is 0 Å². The van der Waals surface area contributed by atoms with Crippen LogP contribution in [0.15, 0.2) is 18.2 Å². The molecule has 0 aliphatic rings. The fraction of sp³-hybridized carbons (Fsp3) is 0.400. The van der Waals surface area contributed by atoms with Crippen LogP contribution in [0.3, 0.4) is 0 Å². The second-order valence-corrected chi connectivity index (χ2v) is 5.04. The second-order valence-electron chi connectivity index (χ2n) is 5.04. The minimum atomic E-state index is -0.350. The van der Waals surface area contributed by atoms with Crippen molar-refractivity contribution in [1.29, 1.82) is 0 Å². The summed E-state index contributed by atoms with van der Waals surface area (Å²) in [5.41, 5.74) is 1.47. The Kier molecular flexibility index (Phi) is 4.38. The molecule has 1 rings (SSSR count). The van der Waals surface area contributed by atoms with E-state index in [1.54, 1.807) is 12.1 Å². The van der Waals surface area contributed by atoms with Crippen LogP contribution in [0.25, 0.3) is 0 Å². The molecule has 0 aliphatic carbocycles. The fourth-order valence-corrected chi connectivity index (χ4v) is 1.51. The van der Waals surface area contributed by atoms with Gasteiger partial charge in [0.05, 0.1) is 7.11 Å². The molecule has 1 N–H and O–H groups in total. The Morgan fingerprint density at radius 1 is 1.39 bits per heavy atom. The van der Waals surface area contributed by atoms with Crippen molar-refractivity contribution in [1.82, 2.24) is 0 Å². The maximum atomic E-state index is 10.9. The number of rotatable bonds is 1. The average molecular weight is 246 g/mol. The summed E-state index contributed by atoms with van der Waals surface area (Å²) < 4.78 is 4.50. The van der Waals surface area contributed by atoms with Crippen LogP contribution in [0.4, 0.5) is 0 Å². The molecule has 0 aromatic heterocycles. The van der Waals surface area contributed by atoms with Crippen LogP contribution in [-0.4, -0.2) is 18.2 Å². The van der Waals surface area contributed by atoms with Crippen molar-refractivity contribution in [2.75, 3.05) is 7.11 Å². The van der Waals surface area contributed by atoms with E-state index in [9.17, 15) is 9.90 Å². The lowest BCUT2D eigenvalue weighted by molar-refractivity contribution is -0.139. The van der Waals surface area contributed by atoms with E-state index in [1.165, 1.54) is 7.11 Å². The van der Waals surface area contributed by atoms with Crippen LogP contribution < -0.4 is 0 Å². The number of ether oxygens (including phenoxy) is 1. The Balaban J connectivity index is 2.96. The molecular formula is C15H18O3. The normalized spacial score (nSPS) is 10.4. The number of hydrogen-bond acceptors (Lipinski definition) is 3. The molecule has 96 valence electrons. The summed E-state index contributed by atoms with van der Waals surface area (Å²) >= 11 is 0. The molecule has 0 atom stereocenters. The Labute approximate surface area is 108 Å². The van der Waals surface area contributed by atoms with Crippen molar-refractivity contribution in [2.45, 2.75) is 32.6 Å².